The van der Waals surface area contributed by atoms with E-state index in [0.29, 0.717) is 6.42 Å². The Bertz CT molecular complexity index is 282. The highest BCUT2D eigenvalue weighted by Gasteiger charge is 2.20. The zero-order valence-electron chi connectivity index (χ0n) is 10.8. The number of nitrogens with one attached hydrogen (secondary N) is 1. The predicted octanol–water partition coefficient (Wildman–Crippen LogP) is -1.68. The molecule has 8 nitrogen and oxygen atoms in total. The third-order valence-corrected chi connectivity index (χ3v) is 2.76. The minimum Gasteiger partial charge on any atom is -0.480 e. The van der Waals surface area contributed by atoms with Crippen LogP contribution in [-0.2, 0) is 9.59 Å². The molecule has 0 aromatic carbocycles. The summed E-state index contributed by atoms with van der Waals surface area (Å²) >= 11 is 0. The van der Waals surface area contributed by atoms with E-state index in [-0.39, 0.29) is 19.0 Å². The van der Waals surface area contributed by atoms with Gasteiger partial charge in [-0.15, -0.1) is 0 Å². The van der Waals surface area contributed by atoms with Crippen molar-refractivity contribution in [3.05, 3.63) is 0 Å². The van der Waals surface area contributed by atoms with Gasteiger partial charge in [0.15, 0.2) is 0 Å². The van der Waals surface area contributed by atoms with Gasteiger partial charge in [-0.2, -0.15) is 0 Å². The van der Waals surface area contributed by atoms with E-state index >= 15 is 0 Å². The smallest absolute Gasteiger partial charge is 0.320 e. The number of hydrogen-bond donors (Lipinski definition) is 6. The van der Waals surface area contributed by atoms with Gasteiger partial charge in [-0.25, -0.2) is 0 Å². The van der Waals surface area contributed by atoms with Crippen molar-refractivity contribution < 1.29 is 24.9 Å². The average Bonchev–Trinajstić information content (AvgIpc) is 2.90. The van der Waals surface area contributed by atoms with Crippen LogP contribution < -0.4 is 16.8 Å². The van der Waals surface area contributed by atoms with Crippen LogP contribution in [-0.4, -0.2) is 58.5 Å². The Balaban J connectivity index is 0.000000356. The van der Waals surface area contributed by atoms with Gasteiger partial charge < -0.3 is 32.1 Å². The molecule has 0 aliphatic carbocycles. The third kappa shape index (κ3) is 8.49. The standard InChI is InChI=1S/C6H14N2O3.C5H9NO2/c7-3-4(9)1-2-5(8)6(10)11;7-5(8)4-2-1-3-6-4/h4-5,9H,1-3,7-8H2,(H,10,11);4,6H,1-3H2,(H,7,8). The van der Waals surface area contributed by atoms with Gasteiger partial charge in [-0.05, 0) is 32.2 Å². The Kier molecular flexibility index (Phi) is 9.06. The molecule has 0 aromatic rings. The molecule has 19 heavy (non-hydrogen) atoms. The highest BCUT2D eigenvalue weighted by Crippen LogP contribution is 2.03. The molecule has 0 spiro atoms. The van der Waals surface area contributed by atoms with E-state index < -0.39 is 24.1 Å². The zero-order chi connectivity index (χ0) is 14.8. The number of hydrogen-bond acceptors (Lipinski definition) is 6. The summed E-state index contributed by atoms with van der Waals surface area (Å²) in [6.07, 6.45) is 1.74. The van der Waals surface area contributed by atoms with Crippen LogP contribution in [0.1, 0.15) is 25.7 Å². The number of nitrogens with two attached hydrogens (primary N) is 2. The number of aliphatic carboxylic acids is 2. The number of carbonyl (C=O) groups is 2. The SMILES string of the molecule is NCC(O)CCC(N)C(=O)O.O=C(O)C1CCCN1. The molecule has 3 unspecified atom stereocenters. The minimum atomic E-state index is -1.05. The maximum absolute atomic E-state index is 10.2. The molecule has 8 heteroatoms. The molecule has 1 rings (SSSR count). The molecule has 1 fully saturated rings. The van der Waals surface area contributed by atoms with Crippen molar-refractivity contribution in [2.75, 3.05) is 13.1 Å². The van der Waals surface area contributed by atoms with Gasteiger partial charge in [0.05, 0.1) is 6.10 Å². The molecule has 0 radical (unpaired) electrons. The number of aliphatic hydroxyl groups is 1. The summed E-state index contributed by atoms with van der Waals surface area (Å²) in [6.45, 7) is 1.00. The molecule has 1 aliphatic heterocycles. The number of carboxylic acid groups (broad SMARTS) is 2. The van der Waals surface area contributed by atoms with Crippen molar-refractivity contribution in [2.45, 2.75) is 43.9 Å². The Morgan fingerprint density at radius 3 is 2.26 bits per heavy atom. The van der Waals surface area contributed by atoms with Gasteiger partial charge in [0.1, 0.15) is 12.1 Å². The number of aliphatic hydroxyl groups excluding tert-OH is 1. The Morgan fingerprint density at radius 1 is 1.32 bits per heavy atom. The first-order valence-electron chi connectivity index (χ1n) is 6.21. The van der Waals surface area contributed by atoms with Crippen LogP contribution in [0.3, 0.4) is 0 Å². The van der Waals surface area contributed by atoms with Gasteiger partial charge in [-0.1, -0.05) is 0 Å². The molecule has 112 valence electrons. The summed E-state index contributed by atoms with van der Waals surface area (Å²) in [7, 11) is 0. The van der Waals surface area contributed by atoms with E-state index in [0.717, 1.165) is 19.4 Å². The maximum Gasteiger partial charge on any atom is 0.320 e. The highest BCUT2D eigenvalue weighted by molar-refractivity contribution is 5.73. The summed E-state index contributed by atoms with van der Waals surface area (Å²) in [6, 6.07) is -1.16. The molecular weight excluding hydrogens is 254 g/mol. The first-order valence-corrected chi connectivity index (χ1v) is 6.21. The van der Waals surface area contributed by atoms with E-state index in [1.165, 1.54) is 0 Å². The molecule has 1 heterocycles. The molecule has 8 N–H and O–H groups in total. The van der Waals surface area contributed by atoms with E-state index in [9.17, 15) is 9.59 Å². The molecule has 1 saturated heterocycles. The van der Waals surface area contributed by atoms with Crippen LogP contribution >= 0.6 is 0 Å². The fourth-order valence-corrected chi connectivity index (χ4v) is 1.51. The summed E-state index contributed by atoms with van der Waals surface area (Å²) < 4.78 is 0. The van der Waals surface area contributed by atoms with E-state index in [1.807, 2.05) is 0 Å². The topological polar surface area (TPSA) is 159 Å². The van der Waals surface area contributed by atoms with Gasteiger partial charge in [-0.3, -0.25) is 9.59 Å². The number of rotatable bonds is 6. The van der Waals surface area contributed by atoms with Crippen LogP contribution in [0.5, 0.6) is 0 Å². The van der Waals surface area contributed by atoms with Gasteiger partial charge in [0.2, 0.25) is 0 Å². The van der Waals surface area contributed by atoms with Crippen molar-refractivity contribution in [1.29, 1.82) is 0 Å². The Hall–Kier alpha value is -1.22. The lowest BCUT2D eigenvalue weighted by Gasteiger charge is -2.09. The fourth-order valence-electron chi connectivity index (χ4n) is 1.51. The molecule has 0 aromatic heterocycles. The lowest BCUT2D eigenvalue weighted by Crippen LogP contribution is -2.32. The molecule has 1 aliphatic rings. The monoisotopic (exact) mass is 277 g/mol. The van der Waals surface area contributed by atoms with E-state index in [1.54, 1.807) is 0 Å². The van der Waals surface area contributed by atoms with Crippen molar-refractivity contribution in [1.82, 2.24) is 5.32 Å². The first kappa shape index (κ1) is 17.8. The van der Waals surface area contributed by atoms with Crippen LogP contribution in [0, 0.1) is 0 Å². The van der Waals surface area contributed by atoms with Crippen molar-refractivity contribution >= 4 is 11.9 Å². The molecule has 0 saturated carbocycles. The van der Waals surface area contributed by atoms with Crippen molar-refractivity contribution in [2.24, 2.45) is 11.5 Å². The largest absolute Gasteiger partial charge is 0.480 e. The summed E-state index contributed by atoms with van der Waals surface area (Å²) in [5.74, 6) is -1.77. The van der Waals surface area contributed by atoms with Gasteiger partial charge >= 0.3 is 11.9 Å². The second-order valence-electron chi connectivity index (χ2n) is 4.40. The zero-order valence-corrected chi connectivity index (χ0v) is 10.8. The Labute approximate surface area is 111 Å². The lowest BCUT2D eigenvalue weighted by molar-refractivity contribution is -0.139. The van der Waals surface area contributed by atoms with Crippen LogP contribution in [0.2, 0.25) is 0 Å². The fraction of sp³-hybridized carbons (Fsp3) is 0.818. The molecular formula is C11H23N3O5. The van der Waals surface area contributed by atoms with E-state index in [2.05, 4.69) is 5.32 Å². The normalized spacial score (nSPS) is 21.1. The predicted molar refractivity (Wildman–Crippen MR) is 68.6 cm³/mol. The molecule has 0 bridgehead atoms. The molecule has 0 amide bonds. The van der Waals surface area contributed by atoms with Crippen LogP contribution in [0.25, 0.3) is 0 Å². The van der Waals surface area contributed by atoms with Gasteiger partial charge in [0.25, 0.3) is 0 Å². The van der Waals surface area contributed by atoms with Crippen LogP contribution in [0.15, 0.2) is 0 Å². The van der Waals surface area contributed by atoms with Gasteiger partial charge in [0, 0.05) is 6.54 Å². The quantitative estimate of drug-likeness (QED) is 0.336. The maximum atomic E-state index is 10.2. The summed E-state index contributed by atoms with van der Waals surface area (Å²) in [4.78, 5) is 20.3. The highest BCUT2D eigenvalue weighted by atomic mass is 16.4. The Morgan fingerprint density at radius 2 is 1.95 bits per heavy atom. The third-order valence-electron chi connectivity index (χ3n) is 2.76. The summed E-state index contributed by atoms with van der Waals surface area (Å²) in [5, 5.41) is 28.5. The second kappa shape index (κ2) is 9.68. The summed E-state index contributed by atoms with van der Waals surface area (Å²) in [5.41, 5.74) is 10.3. The van der Waals surface area contributed by atoms with Crippen molar-refractivity contribution in [3.8, 4) is 0 Å². The lowest BCUT2D eigenvalue weighted by atomic mass is 10.1. The van der Waals surface area contributed by atoms with Crippen LogP contribution in [0.4, 0.5) is 0 Å². The average molecular weight is 277 g/mol. The second-order valence-corrected chi connectivity index (χ2v) is 4.40. The molecule has 3 atom stereocenters. The first-order chi connectivity index (χ1) is 8.88. The van der Waals surface area contributed by atoms with E-state index in [4.69, 9.17) is 26.8 Å². The van der Waals surface area contributed by atoms with Crippen molar-refractivity contribution in [3.63, 3.8) is 0 Å². The minimum absolute atomic E-state index is 0.145. The number of carboxylic acids is 2.